The molecule has 0 saturated carbocycles. The van der Waals surface area contributed by atoms with Crippen LogP contribution in [0.15, 0.2) is 29.2 Å². The van der Waals surface area contributed by atoms with Gasteiger partial charge in [0.15, 0.2) is 0 Å². The number of aromatic nitrogens is 8. The summed E-state index contributed by atoms with van der Waals surface area (Å²) in [6.45, 7) is 8.08. The molecule has 0 amide bonds. The van der Waals surface area contributed by atoms with Crippen molar-refractivity contribution in [1.82, 2.24) is 40.3 Å². The quantitative estimate of drug-likeness (QED) is 0.0450. The first-order chi connectivity index (χ1) is 32.2. The van der Waals surface area contributed by atoms with E-state index in [1.807, 2.05) is 12.1 Å². The number of fused-ring (bicyclic) bond motifs is 1. The van der Waals surface area contributed by atoms with Crippen molar-refractivity contribution in [3.63, 3.8) is 0 Å². The molecule has 0 saturated heterocycles. The molecule has 3 heterocycles. The van der Waals surface area contributed by atoms with Gasteiger partial charge in [-0.15, -0.1) is 10.2 Å². The molecule has 0 N–H and O–H groups in total. The summed E-state index contributed by atoms with van der Waals surface area (Å²) in [7, 11) is 6.48. The molecule has 25 heteroatoms. The van der Waals surface area contributed by atoms with E-state index in [-0.39, 0.29) is 65.7 Å². The van der Waals surface area contributed by atoms with Crippen LogP contribution >= 0.6 is 0 Å². The number of nitrogens with zero attached hydrogens (tertiary/aromatic N) is 8. The van der Waals surface area contributed by atoms with E-state index in [1.165, 1.54) is 0 Å². The number of rotatable bonds is 44. The zero-order valence-corrected chi connectivity index (χ0v) is 38.0. The molecule has 0 atom stereocenters. The second-order valence-electron chi connectivity index (χ2n) is 13.6. The van der Waals surface area contributed by atoms with E-state index < -0.39 is 0 Å². The number of ether oxygens (including phenoxy) is 16. The lowest BCUT2D eigenvalue weighted by molar-refractivity contribution is -0.104. The molecule has 1 aromatic carbocycles. The lowest BCUT2D eigenvalue weighted by atomic mass is 10.0. The molecule has 0 unspecified atom stereocenters. The molecule has 0 aliphatic heterocycles. The molecular formula is C40H66N8O17. The second kappa shape index (κ2) is 35.5. The molecule has 0 spiro atoms. The monoisotopic (exact) mass is 930 g/mol. The van der Waals surface area contributed by atoms with Gasteiger partial charge in [-0.2, -0.15) is 0 Å². The van der Waals surface area contributed by atoms with Gasteiger partial charge >= 0.3 is 0 Å². The topological polar surface area (TPSA) is 248 Å². The van der Waals surface area contributed by atoms with Crippen molar-refractivity contribution in [2.24, 2.45) is 0 Å². The average molecular weight is 931 g/mol. The summed E-state index contributed by atoms with van der Waals surface area (Å²) in [5, 5.41) is 26.2. The third-order valence-electron chi connectivity index (χ3n) is 8.86. The average Bonchev–Trinajstić information content (AvgIpc) is 4.13. The number of hydrogen-bond acceptors (Lipinski definition) is 23. The Morgan fingerprint density at radius 1 is 0.400 bits per heavy atom. The fourth-order valence-corrected chi connectivity index (χ4v) is 5.50. The van der Waals surface area contributed by atoms with Crippen LogP contribution < -0.4 is 0 Å². The van der Waals surface area contributed by atoms with Crippen LogP contribution in [-0.2, 0) is 75.8 Å². The van der Waals surface area contributed by atoms with Crippen LogP contribution in [0.4, 0.5) is 0 Å². The van der Waals surface area contributed by atoms with Gasteiger partial charge in [-0.3, -0.25) is 0 Å². The van der Waals surface area contributed by atoms with Crippen molar-refractivity contribution in [1.29, 1.82) is 0 Å². The largest absolute Gasteiger partial charge is 0.382 e. The van der Waals surface area contributed by atoms with Gasteiger partial charge in [0.1, 0.15) is 61.7 Å². The summed E-state index contributed by atoms with van der Waals surface area (Å²) in [5.74, 6) is 0. The highest BCUT2D eigenvalue weighted by Crippen LogP contribution is 2.32. The van der Waals surface area contributed by atoms with Crippen LogP contribution in [0.3, 0.4) is 0 Å². The molecule has 0 bridgehead atoms. The SMILES string of the molecule is COCCOCCOCOCC(COCOCCOCCOC)n1cc(-c2ccc(-c3cn(C(COCOCCOCCOC)COCOCCOCCOC)nn3)c3nonc23)nn1. The minimum atomic E-state index is -0.390. The van der Waals surface area contributed by atoms with Gasteiger partial charge in [-0.1, -0.05) is 10.4 Å². The highest BCUT2D eigenvalue weighted by molar-refractivity contribution is 5.98. The Labute approximate surface area is 378 Å². The van der Waals surface area contributed by atoms with Crippen LogP contribution in [0.1, 0.15) is 12.1 Å². The van der Waals surface area contributed by atoms with Gasteiger partial charge in [-0.05, 0) is 22.4 Å². The summed E-state index contributed by atoms with van der Waals surface area (Å²) in [4.78, 5) is 0. The van der Waals surface area contributed by atoms with E-state index in [2.05, 4.69) is 30.9 Å². The predicted molar refractivity (Wildman–Crippen MR) is 226 cm³/mol. The maximum Gasteiger partial charge on any atom is 0.146 e. The summed E-state index contributed by atoms with van der Waals surface area (Å²) in [5.41, 5.74) is 3.19. The third-order valence-corrected chi connectivity index (χ3v) is 8.86. The van der Waals surface area contributed by atoms with Crippen molar-refractivity contribution in [2.75, 3.05) is 188 Å². The van der Waals surface area contributed by atoms with Crippen molar-refractivity contribution in [3.05, 3.63) is 24.5 Å². The molecule has 4 rings (SSSR count). The van der Waals surface area contributed by atoms with Crippen LogP contribution in [0.25, 0.3) is 33.5 Å². The molecule has 0 radical (unpaired) electrons. The number of benzene rings is 1. The van der Waals surface area contributed by atoms with E-state index >= 15 is 0 Å². The molecule has 0 aliphatic carbocycles. The van der Waals surface area contributed by atoms with Crippen molar-refractivity contribution in [3.8, 4) is 22.5 Å². The van der Waals surface area contributed by atoms with Crippen LogP contribution in [0.2, 0.25) is 0 Å². The van der Waals surface area contributed by atoms with Gasteiger partial charge in [0, 0.05) is 39.6 Å². The standard InChI is InChI=1S/C40H66N8O17/c1-49-7-11-53-15-19-57-29-61-25-33(26-62-30-58-20-16-54-12-8-50-2)47-23-37(41-45-47)35-5-6-36(40-39(35)43-65-44-40)38-24-48(46-42-38)34(27-63-31-59-21-17-55-13-9-51-3)28-64-32-60-22-18-56-14-10-52-4/h5-6,23-24,33-34H,7-22,25-32H2,1-4H3. The summed E-state index contributed by atoms with van der Waals surface area (Å²) in [6.07, 6.45) is 3.54. The van der Waals surface area contributed by atoms with E-state index in [0.29, 0.717) is 139 Å². The smallest absolute Gasteiger partial charge is 0.146 e. The number of hydrogen-bond donors (Lipinski definition) is 0. The van der Waals surface area contributed by atoms with E-state index in [0.717, 1.165) is 0 Å². The maximum absolute atomic E-state index is 5.83. The van der Waals surface area contributed by atoms with Crippen LogP contribution in [-0.4, -0.2) is 228 Å². The molecular weight excluding hydrogens is 864 g/mol. The predicted octanol–water partition coefficient (Wildman–Crippen LogP) is 1.44. The summed E-state index contributed by atoms with van der Waals surface area (Å²) < 4.78 is 95.8. The Morgan fingerprint density at radius 3 is 1.00 bits per heavy atom. The van der Waals surface area contributed by atoms with Crippen LogP contribution in [0.5, 0.6) is 0 Å². The Bertz CT molecular complexity index is 1570. The molecule has 65 heavy (non-hydrogen) atoms. The lowest BCUT2D eigenvalue weighted by Crippen LogP contribution is -2.23. The Morgan fingerprint density at radius 2 is 0.692 bits per heavy atom. The number of methoxy groups -OCH3 is 4. The van der Waals surface area contributed by atoms with Gasteiger partial charge in [0.25, 0.3) is 0 Å². The van der Waals surface area contributed by atoms with Gasteiger partial charge in [0.05, 0.1) is 145 Å². The summed E-state index contributed by atoms with van der Waals surface area (Å²) in [6, 6.07) is 2.91. The lowest BCUT2D eigenvalue weighted by Gasteiger charge is -2.17. The van der Waals surface area contributed by atoms with E-state index in [4.69, 9.17) is 80.4 Å². The summed E-state index contributed by atoms with van der Waals surface area (Å²) >= 11 is 0. The highest BCUT2D eigenvalue weighted by Gasteiger charge is 2.22. The zero-order chi connectivity index (χ0) is 45.8. The van der Waals surface area contributed by atoms with Gasteiger partial charge in [0.2, 0.25) is 0 Å². The molecule has 25 nitrogen and oxygen atoms in total. The van der Waals surface area contributed by atoms with Crippen molar-refractivity contribution < 1.29 is 80.4 Å². The molecule has 0 fully saturated rings. The minimum Gasteiger partial charge on any atom is -0.382 e. The van der Waals surface area contributed by atoms with Crippen molar-refractivity contribution in [2.45, 2.75) is 12.1 Å². The maximum atomic E-state index is 5.83. The van der Waals surface area contributed by atoms with E-state index in [9.17, 15) is 0 Å². The van der Waals surface area contributed by atoms with Crippen molar-refractivity contribution >= 4 is 11.0 Å². The molecule has 0 aliphatic rings. The molecule has 3 aromatic heterocycles. The fraction of sp³-hybridized carbons (Fsp3) is 0.750. The van der Waals surface area contributed by atoms with Gasteiger partial charge < -0.3 is 75.8 Å². The molecule has 4 aromatic rings. The zero-order valence-electron chi connectivity index (χ0n) is 38.0. The van der Waals surface area contributed by atoms with Gasteiger partial charge in [-0.25, -0.2) is 14.0 Å². The second-order valence-corrected chi connectivity index (χ2v) is 13.6. The highest BCUT2D eigenvalue weighted by atomic mass is 16.7. The first-order valence-electron chi connectivity index (χ1n) is 21.2. The first kappa shape index (κ1) is 53.9. The Hall–Kier alpha value is -3.74. The fourth-order valence-electron chi connectivity index (χ4n) is 5.50. The minimum absolute atomic E-state index is 0.0413. The Kier molecular flexibility index (Phi) is 29.4. The first-order valence-corrected chi connectivity index (χ1v) is 21.2. The third kappa shape index (κ3) is 21.6. The van der Waals surface area contributed by atoms with E-state index in [1.54, 1.807) is 50.2 Å². The van der Waals surface area contributed by atoms with Crippen LogP contribution in [0, 0.1) is 0 Å². The Balaban J connectivity index is 1.39. The normalized spacial score (nSPS) is 12.0. The molecule has 368 valence electrons.